The molecule has 1 fully saturated rings. The number of ether oxygens (including phenoxy) is 1. The van der Waals surface area contributed by atoms with Crippen molar-refractivity contribution in [1.29, 1.82) is 0 Å². The van der Waals surface area contributed by atoms with Crippen LogP contribution in [0.1, 0.15) is 77.3 Å². The molecule has 1 aromatic heterocycles. The number of allylic oxidation sites excluding steroid dienone is 1. The van der Waals surface area contributed by atoms with Crippen LogP contribution in [-0.4, -0.2) is 42.1 Å². The van der Waals surface area contributed by atoms with Gasteiger partial charge in [-0.15, -0.1) is 0 Å². The molecular weight excluding hydrogens is 488 g/mol. The highest BCUT2D eigenvalue weighted by Crippen LogP contribution is 2.17. The first-order valence-electron chi connectivity index (χ1n) is 13.9. The van der Waals surface area contributed by atoms with E-state index < -0.39 is 0 Å². The molecule has 1 aliphatic rings. The van der Waals surface area contributed by atoms with Gasteiger partial charge in [0, 0.05) is 52.0 Å². The van der Waals surface area contributed by atoms with Crippen LogP contribution >= 0.6 is 0 Å². The molecule has 0 bridgehead atoms. The molecule has 3 N–H and O–H groups in total. The van der Waals surface area contributed by atoms with Gasteiger partial charge in [0.1, 0.15) is 0 Å². The van der Waals surface area contributed by atoms with E-state index in [1.807, 2.05) is 55.6 Å². The highest BCUT2D eigenvalue weighted by molar-refractivity contribution is 6.43. The lowest BCUT2D eigenvalue weighted by molar-refractivity contribution is -0.121. The lowest BCUT2D eigenvalue weighted by atomic mass is 9.95. The molecule has 0 saturated heterocycles. The van der Waals surface area contributed by atoms with Crippen LogP contribution in [0.2, 0.25) is 0 Å². The molecule has 216 valence electrons. The minimum absolute atomic E-state index is 0.0394. The summed E-state index contributed by atoms with van der Waals surface area (Å²) in [6.07, 6.45) is 12.0. The highest BCUT2D eigenvalue weighted by Gasteiger charge is 2.14. The van der Waals surface area contributed by atoms with Crippen molar-refractivity contribution in [3.05, 3.63) is 78.6 Å². The molecule has 0 spiro atoms. The lowest BCUT2D eigenvalue weighted by Crippen LogP contribution is -2.35. The zero-order chi connectivity index (χ0) is 29.3. The fraction of sp³-hybridized carbons (Fsp3) is 0.500. The zero-order valence-corrected chi connectivity index (χ0v) is 24.7. The predicted octanol–water partition coefficient (Wildman–Crippen LogP) is 6.08. The van der Waals surface area contributed by atoms with Gasteiger partial charge in [-0.1, -0.05) is 83.0 Å². The average molecular weight is 539 g/mol. The van der Waals surface area contributed by atoms with E-state index in [0.717, 1.165) is 12.2 Å². The maximum absolute atomic E-state index is 11.0. The fourth-order valence-corrected chi connectivity index (χ4v) is 3.48. The SMILES string of the molecule is C=CC(=NC)C(C)=O.CC(C)COCc1cccnc1.CCC(=O)NC1CCCCC1.NCc1ccccc1. The Morgan fingerprint density at radius 3 is 2.18 bits per heavy atom. The minimum atomic E-state index is -0.0394. The lowest BCUT2D eigenvalue weighted by Gasteiger charge is -2.22. The van der Waals surface area contributed by atoms with Crippen molar-refractivity contribution in [3.63, 3.8) is 0 Å². The number of rotatable bonds is 9. The standard InChI is InChI=1S/C10H15NO.C9H17NO.C7H9N.C6H9NO/c1-9(2)7-12-8-10-4-3-5-11-6-10;1-2-9(11)10-8-6-4-3-5-7-8;8-6-7-4-2-1-3-5-7;1-4-6(7-3)5(2)8/h3-6,9H,7-8H2,1-2H3;8H,2-7H2,1H3,(H,10,11);1-5H,6,8H2;4H,1H2,2-3H3. The number of hydrogen-bond donors (Lipinski definition) is 2. The van der Waals surface area contributed by atoms with Crippen LogP contribution in [0.3, 0.4) is 0 Å². The van der Waals surface area contributed by atoms with Crippen molar-refractivity contribution in [1.82, 2.24) is 10.3 Å². The van der Waals surface area contributed by atoms with E-state index in [0.29, 0.717) is 37.2 Å². The summed E-state index contributed by atoms with van der Waals surface area (Å²) in [6.45, 7) is 13.2. The molecule has 0 radical (unpaired) electrons. The second-order valence-electron chi connectivity index (χ2n) is 9.59. The summed E-state index contributed by atoms with van der Waals surface area (Å²) in [5.74, 6) is 0.765. The van der Waals surface area contributed by atoms with Crippen molar-refractivity contribution in [2.75, 3.05) is 13.7 Å². The third kappa shape index (κ3) is 20.5. The minimum Gasteiger partial charge on any atom is -0.376 e. The summed E-state index contributed by atoms with van der Waals surface area (Å²) in [6, 6.07) is 14.4. The second-order valence-corrected chi connectivity index (χ2v) is 9.59. The molecule has 7 nitrogen and oxygen atoms in total. The third-order valence-electron chi connectivity index (χ3n) is 5.61. The second kappa shape index (κ2) is 23.9. The maximum Gasteiger partial charge on any atom is 0.219 e. The van der Waals surface area contributed by atoms with Crippen molar-refractivity contribution < 1.29 is 14.3 Å². The fourth-order valence-electron chi connectivity index (χ4n) is 3.48. The van der Waals surface area contributed by atoms with Crippen LogP contribution in [0.15, 0.2) is 72.5 Å². The third-order valence-corrected chi connectivity index (χ3v) is 5.61. The molecule has 3 rings (SSSR count). The Labute approximate surface area is 236 Å². The molecule has 0 atom stereocenters. The molecule has 1 saturated carbocycles. The van der Waals surface area contributed by atoms with Gasteiger partial charge in [0.05, 0.1) is 12.3 Å². The Morgan fingerprint density at radius 2 is 1.77 bits per heavy atom. The van der Waals surface area contributed by atoms with Crippen LogP contribution in [-0.2, 0) is 27.5 Å². The van der Waals surface area contributed by atoms with Gasteiger partial charge in [-0.2, -0.15) is 0 Å². The predicted molar refractivity (Wildman–Crippen MR) is 163 cm³/mol. The molecule has 7 heteroatoms. The Hall–Kier alpha value is -3.16. The van der Waals surface area contributed by atoms with Crippen molar-refractivity contribution in [3.8, 4) is 0 Å². The van der Waals surface area contributed by atoms with E-state index in [-0.39, 0.29) is 11.7 Å². The van der Waals surface area contributed by atoms with Gasteiger partial charge < -0.3 is 15.8 Å². The van der Waals surface area contributed by atoms with Gasteiger partial charge in [0.25, 0.3) is 0 Å². The number of carbonyl (C=O) groups is 2. The van der Waals surface area contributed by atoms with E-state index in [4.69, 9.17) is 10.5 Å². The van der Waals surface area contributed by atoms with E-state index in [1.165, 1.54) is 50.7 Å². The first-order valence-corrected chi connectivity index (χ1v) is 13.9. The number of nitrogens with one attached hydrogen (secondary N) is 1. The molecule has 1 heterocycles. The number of aromatic nitrogens is 1. The van der Waals surface area contributed by atoms with Gasteiger partial charge in [-0.05, 0) is 42.0 Å². The number of hydrogen-bond acceptors (Lipinski definition) is 6. The molecule has 2 aromatic rings. The maximum atomic E-state index is 11.0. The van der Waals surface area contributed by atoms with Crippen molar-refractivity contribution >= 4 is 17.4 Å². The van der Waals surface area contributed by atoms with E-state index >= 15 is 0 Å². The van der Waals surface area contributed by atoms with Crippen LogP contribution in [0.5, 0.6) is 0 Å². The molecule has 1 aromatic carbocycles. The number of carbonyl (C=O) groups excluding carboxylic acids is 2. The Balaban J connectivity index is 0.000000502. The van der Waals surface area contributed by atoms with Crippen LogP contribution in [0.25, 0.3) is 0 Å². The summed E-state index contributed by atoms with van der Waals surface area (Å²) in [5.41, 5.74) is 8.11. The molecule has 1 amide bonds. The Morgan fingerprint density at radius 1 is 1.13 bits per heavy atom. The molecule has 0 aliphatic heterocycles. The number of pyridine rings is 1. The monoisotopic (exact) mass is 538 g/mol. The van der Waals surface area contributed by atoms with Crippen molar-refractivity contribution in [2.24, 2.45) is 16.6 Å². The van der Waals surface area contributed by atoms with E-state index in [1.54, 1.807) is 13.2 Å². The zero-order valence-electron chi connectivity index (χ0n) is 24.7. The summed E-state index contributed by atoms with van der Waals surface area (Å²) in [5, 5.41) is 3.03. The summed E-state index contributed by atoms with van der Waals surface area (Å²) in [7, 11) is 1.57. The number of nitrogens with zero attached hydrogens (tertiary/aromatic N) is 2. The van der Waals surface area contributed by atoms with Crippen molar-refractivity contribution in [2.45, 2.75) is 85.4 Å². The number of benzene rings is 1. The highest BCUT2D eigenvalue weighted by atomic mass is 16.5. The normalized spacial score (nSPS) is 12.9. The number of nitrogens with two attached hydrogens (primary N) is 1. The number of amides is 1. The number of aliphatic imine (C=N–C) groups is 1. The van der Waals surface area contributed by atoms with Gasteiger partial charge >= 0.3 is 0 Å². The number of Topliss-reactive ketones (excluding diaryl/α,β-unsaturated/α-hetero) is 1. The van der Waals surface area contributed by atoms with Gasteiger partial charge in [0.15, 0.2) is 5.78 Å². The first kappa shape index (κ1) is 35.8. The Bertz CT molecular complexity index is 925. The first-order chi connectivity index (χ1) is 18.8. The largest absolute Gasteiger partial charge is 0.376 e. The van der Waals surface area contributed by atoms with Gasteiger partial charge in [0.2, 0.25) is 5.91 Å². The van der Waals surface area contributed by atoms with Gasteiger partial charge in [-0.3, -0.25) is 19.6 Å². The smallest absolute Gasteiger partial charge is 0.219 e. The molecule has 0 unspecified atom stereocenters. The van der Waals surface area contributed by atoms with Gasteiger partial charge in [-0.25, -0.2) is 0 Å². The average Bonchev–Trinajstić information content (AvgIpc) is 2.96. The summed E-state index contributed by atoms with van der Waals surface area (Å²) in [4.78, 5) is 29.0. The number of ketones is 1. The molecule has 39 heavy (non-hydrogen) atoms. The van der Waals surface area contributed by atoms with E-state index in [9.17, 15) is 9.59 Å². The van der Waals surface area contributed by atoms with E-state index in [2.05, 4.69) is 35.7 Å². The molecular formula is C32H50N4O3. The summed E-state index contributed by atoms with van der Waals surface area (Å²) < 4.78 is 5.44. The topological polar surface area (TPSA) is 107 Å². The Kier molecular flexibility index (Phi) is 22.0. The molecule has 1 aliphatic carbocycles. The van der Waals surface area contributed by atoms with Crippen LogP contribution in [0.4, 0.5) is 0 Å². The quantitative estimate of drug-likeness (QED) is 0.377. The van der Waals surface area contributed by atoms with Crippen LogP contribution < -0.4 is 11.1 Å². The summed E-state index contributed by atoms with van der Waals surface area (Å²) >= 11 is 0. The van der Waals surface area contributed by atoms with Crippen LogP contribution in [0, 0.1) is 5.92 Å².